The molecule has 126 valence electrons. The Kier molecular flexibility index (Phi) is 3.50. The molecule has 2 heterocycles. The number of hydrogen-bond acceptors (Lipinski definition) is 5. The molecule has 0 atom stereocenters. The molecule has 0 unspecified atom stereocenters. The second-order valence-corrected chi connectivity index (χ2v) is 5.52. The van der Waals surface area contributed by atoms with Gasteiger partial charge in [-0.1, -0.05) is 24.3 Å². The minimum Gasteiger partial charge on any atom is -0.454 e. The van der Waals surface area contributed by atoms with Gasteiger partial charge in [-0.05, 0) is 12.1 Å². The third-order valence-corrected chi connectivity index (χ3v) is 3.99. The van der Waals surface area contributed by atoms with Gasteiger partial charge in [0, 0.05) is 23.6 Å². The SMILES string of the molecule is O=C(NCc1cccc2c1OCO2)c1cc2cccc([N+](=O)[O-])c2[nH]1. The number of carbonyl (C=O) groups is 1. The first kappa shape index (κ1) is 15.0. The summed E-state index contributed by atoms with van der Waals surface area (Å²) in [5.74, 6) is 0.907. The van der Waals surface area contributed by atoms with E-state index in [1.165, 1.54) is 6.07 Å². The van der Waals surface area contributed by atoms with Gasteiger partial charge in [0.2, 0.25) is 6.79 Å². The van der Waals surface area contributed by atoms with Crippen molar-refractivity contribution in [2.75, 3.05) is 6.79 Å². The molecule has 8 nitrogen and oxygen atoms in total. The summed E-state index contributed by atoms with van der Waals surface area (Å²) in [5.41, 5.74) is 1.32. The van der Waals surface area contributed by atoms with E-state index in [-0.39, 0.29) is 30.6 Å². The predicted octanol–water partition coefficient (Wildman–Crippen LogP) is 2.73. The van der Waals surface area contributed by atoms with Crippen LogP contribution in [-0.4, -0.2) is 22.6 Å². The standard InChI is InChI=1S/C17H13N3O5/c21-17(18-8-11-4-2-6-14-16(11)25-9-24-14)12-7-10-3-1-5-13(20(22)23)15(10)19-12/h1-7,19H,8-9H2,(H,18,21). The topological polar surface area (TPSA) is 106 Å². The molecule has 0 fully saturated rings. The Morgan fingerprint density at radius 2 is 2.08 bits per heavy atom. The molecule has 1 aliphatic heterocycles. The maximum absolute atomic E-state index is 12.4. The third-order valence-electron chi connectivity index (χ3n) is 3.99. The van der Waals surface area contributed by atoms with E-state index < -0.39 is 4.92 Å². The fourth-order valence-corrected chi connectivity index (χ4v) is 2.82. The Hall–Kier alpha value is -3.55. The smallest absolute Gasteiger partial charge is 0.293 e. The average Bonchev–Trinajstić information content (AvgIpc) is 3.25. The van der Waals surface area contributed by atoms with E-state index in [9.17, 15) is 14.9 Å². The Labute approximate surface area is 141 Å². The van der Waals surface area contributed by atoms with Crippen molar-refractivity contribution in [2.45, 2.75) is 6.54 Å². The summed E-state index contributed by atoms with van der Waals surface area (Å²) < 4.78 is 10.7. The van der Waals surface area contributed by atoms with E-state index in [2.05, 4.69) is 10.3 Å². The van der Waals surface area contributed by atoms with Crippen molar-refractivity contribution < 1.29 is 19.2 Å². The number of nitro groups is 1. The van der Waals surface area contributed by atoms with Gasteiger partial charge < -0.3 is 19.8 Å². The molecule has 0 saturated heterocycles. The highest BCUT2D eigenvalue weighted by Crippen LogP contribution is 2.35. The number of non-ortho nitro benzene ring substituents is 1. The maximum Gasteiger partial charge on any atom is 0.293 e. The van der Waals surface area contributed by atoms with Crippen molar-refractivity contribution in [3.63, 3.8) is 0 Å². The average molecular weight is 339 g/mol. The zero-order valence-electron chi connectivity index (χ0n) is 12.9. The van der Waals surface area contributed by atoms with Crippen LogP contribution >= 0.6 is 0 Å². The molecule has 0 aliphatic carbocycles. The maximum atomic E-state index is 12.4. The Bertz CT molecular complexity index is 995. The van der Waals surface area contributed by atoms with Gasteiger partial charge in [-0.15, -0.1) is 0 Å². The van der Waals surface area contributed by atoms with Gasteiger partial charge in [0.25, 0.3) is 11.6 Å². The van der Waals surface area contributed by atoms with Crippen LogP contribution in [0.1, 0.15) is 16.1 Å². The normalized spacial score (nSPS) is 12.3. The highest BCUT2D eigenvalue weighted by atomic mass is 16.7. The second-order valence-electron chi connectivity index (χ2n) is 5.52. The van der Waals surface area contributed by atoms with Crippen LogP contribution in [0.25, 0.3) is 10.9 Å². The molecular formula is C17H13N3O5. The molecule has 0 radical (unpaired) electrons. The van der Waals surface area contributed by atoms with Crippen molar-refractivity contribution in [2.24, 2.45) is 0 Å². The first-order valence-corrected chi connectivity index (χ1v) is 7.55. The van der Waals surface area contributed by atoms with Crippen LogP contribution in [-0.2, 0) is 6.54 Å². The van der Waals surface area contributed by atoms with Crippen LogP contribution < -0.4 is 14.8 Å². The number of fused-ring (bicyclic) bond motifs is 2. The van der Waals surface area contributed by atoms with Crippen molar-refractivity contribution >= 4 is 22.5 Å². The predicted molar refractivity (Wildman–Crippen MR) is 88.7 cm³/mol. The van der Waals surface area contributed by atoms with Gasteiger partial charge in [0.15, 0.2) is 11.5 Å². The molecule has 8 heteroatoms. The van der Waals surface area contributed by atoms with Crippen molar-refractivity contribution in [3.05, 3.63) is 63.8 Å². The number of para-hydroxylation sites is 2. The molecular weight excluding hydrogens is 326 g/mol. The fraction of sp³-hybridized carbons (Fsp3) is 0.118. The molecule has 0 bridgehead atoms. The van der Waals surface area contributed by atoms with Crippen molar-refractivity contribution in [1.82, 2.24) is 10.3 Å². The van der Waals surface area contributed by atoms with Gasteiger partial charge in [-0.3, -0.25) is 14.9 Å². The Balaban J connectivity index is 1.56. The molecule has 2 N–H and O–H groups in total. The number of rotatable bonds is 4. The number of carbonyl (C=O) groups excluding carboxylic acids is 1. The summed E-state index contributed by atoms with van der Waals surface area (Å²) in [5, 5.41) is 14.5. The molecule has 4 rings (SSSR count). The molecule has 0 saturated carbocycles. The number of aromatic amines is 1. The number of nitro benzene ring substituents is 1. The van der Waals surface area contributed by atoms with E-state index in [1.807, 2.05) is 12.1 Å². The fourth-order valence-electron chi connectivity index (χ4n) is 2.82. The largest absolute Gasteiger partial charge is 0.454 e. The lowest BCUT2D eigenvalue weighted by Crippen LogP contribution is -2.23. The summed E-state index contributed by atoms with van der Waals surface area (Å²) in [4.78, 5) is 25.8. The lowest BCUT2D eigenvalue weighted by atomic mass is 10.2. The van der Waals surface area contributed by atoms with Gasteiger partial charge >= 0.3 is 0 Å². The van der Waals surface area contributed by atoms with Gasteiger partial charge in [0.1, 0.15) is 11.2 Å². The van der Waals surface area contributed by atoms with Crippen LogP contribution in [0, 0.1) is 10.1 Å². The third kappa shape index (κ3) is 2.63. The van der Waals surface area contributed by atoms with Crippen molar-refractivity contribution in [1.29, 1.82) is 0 Å². The van der Waals surface area contributed by atoms with Crippen molar-refractivity contribution in [3.8, 4) is 11.5 Å². The highest BCUT2D eigenvalue weighted by Gasteiger charge is 2.19. The Morgan fingerprint density at radius 3 is 2.92 bits per heavy atom. The lowest BCUT2D eigenvalue weighted by Gasteiger charge is -2.07. The monoisotopic (exact) mass is 339 g/mol. The molecule has 2 aromatic carbocycles. The number of amides is 1. The number of benzene rings is 2. The minimum absolute atomic E-state index is 0.0667. The number of aromatic nitrogens is 1. The first-order chi connectivity index (χ1) is 12.1. The Morgan fingerprint density at radius 1 is 1.24 bits per heavy atom. The first-order valence-electron chi connectivity index (χ1n) is 7.55. The number of nitrogens with one attached hydrogen (secondary N) is 2. The summed E-state index contributed by atoms with van der Waals surface area (Å²) >= 11 is 0. The molecule has 1 aliphatic rings. The molecule has 3 aromatic rings. The van der Waals surface area contributed by atoms with Gasteiger partial charge in [0.05, 0.1) is 4.92 Å². The summed E-state index contributed by atoms with van der Waals surface area (Å²) in [7, 11) is 0. The van der Waals surface area contributed by atoms with E-state index in [0.29, 0.717) is 22.4 Å². The number of hydrogen-bond donors (Lipinski definition) is 2. The summed E-state index contributed by atoms with van der Waals surface area (Å²) in [6.07, 6.45) is 0. The molecule has 0 spiro atoms. The van der Waals surface area contributed by atoms with Crippen LogP contribution in [0.5, 0.6) is 11.5 Å². The number of nitrogens with zero attached hydrogens (tertiary/aromatic N) is 1. The molecule has 25 heavy (non-hydrogen) atoms. The number of H-pyrrole nitrogens is 1. The quantitative estimate of drug-likeness (QED) is 0.561. The van der Waals surface area contributed by atoms with E-state index in [0.717, 1.165) is 5.56 Å². The summed E-state index contributed by atoms with van der Waals surface area (Å²) in [6, 6.07) is 11.7. The van der Waals surface area contributed by atoms with E-state index in [4.69, 9.17) is 9.47 Å². The molecule has 1 amide bonds. The second kappa shape index (κ2) is 5.82. The zero-order valence-corrected chi connectivity index (χ0v) is 12.9. The summed E-state index contributed by atoms with van der Waals surface area (Å²) in [6.45, 7) is 0.412. The van der Waals surface area contributed by atoms with Crippen LogP contribution in [0.3, 0.4) is 0 Å². The van der Waals surface area contributed by atoms with Gasteiger partial charge in [-0.2, -0.15) is 0 Å². The van der Waals surface area contributed by atoms with Crippen LogP contribution in [0.2, 0.25) is 0 Å². The zero-order chi connectivity index (χ0) is 17.4. The number of ether oxygens (including phenoxy) is 2. The van der Waals surface area contributed by atoms with Gasteiger partial charge in [-0.25, -0.2) is 0 Å². The van der Waals surface area contributed by atoms with E-state index >= 15 is 0 Å². The molecule has 1 aromatic heterocycles. The van der Waals surface area contributed by atoms with Crippen LogP contribution in [0.15, 0.2) is 42.5 Å². The minimum atomic E-state index is -0.481. The van der Waals surface area contributed by atoms with Crippen LogP contribution in [0.4, 0.5) is 5.69 Å². The highest BCUT2D eigenvalue weighted by molar-refractivity contribution is 6.00. The lowest BCUT2D eigenvalue weighted by molar-refractivity contribution is -0.383. The van der Waals surface area contributed by atoms with E-state index in [1.54, 1.807) is 24.3 Å².